The van der Waals surface area contributed by atoms with E-state index in [0.717, 1.165) is 29.8 Å². The zero-order valence-corrected chi connectivity index (χ0v) is 18.7. The molecule has 5 rings (SSSR count). The summed E-state index contributed by atoms with van der Waals surface area (Å²) in [6, 6.07) is 8.13. The number of hydrogen-bond acceptors (Lipinski definition) is 5. The van der Waals surface area contributed by atoms with Crippen molar-refractivity contribution in [3.05, 3.63) is 65.9 Å². The number of anilines is 2. The van der Waals surface area contributed by atoms with Crippen LogP contribution >= 0.6 is 0 Å². The molecule has 4 aromatic rings. The second kappa shape index (κ2) is 7.30. The molecule has 7 nitrogen and oxygen atoms in total. The molecule has 3 aromatic heterocycles. The van der Waals surface area contributed by atoms with E-state index in [2.05, 4.69) is 19.6 Å². The van der Waals surface area contributed by atoms with Gasteiger partial charge in [-0.05, 0) is 48.7 Å². The van der Waals surface area contributed by atoms with Crippen molar-refractivity contribution in [2.75, 3.05) is 23.2 Å². The zero-order valence-electron chi connectivity index (χ0n) is 17.9. The maximum absolute atomic E-state index is 15.2. The average Bonchev–Trinajstić information content (AvgIpc) is 3.28. The van der Waals surface area contributed by atoms with Crippen LogP contribution in [0.2, 0.25) is 0 Å². The lowest BCUT2D eigenvalue weighted by Gasteiger charge is -2.14. The van der Waals surface area contributed by atoms with E-state index in [0.29, 0.717) is 27.8 Å². The molecule has 1 N–H and O–H groups in total. The number of rotatable bonds is 4. The van der Waals surface area contributed by atoms with Crippen molar-refractivity contribution in [1.82, 2.24) is 14.5 Å². The number of aryl methyl sites for hydroxylation is 2. The van der Waals surface area contributed by atoms with Crippen LogP contribution in [0.1, 0.15) is 11.1 Å². The lowest BCUT2D eigenvalue weighted by Crippen LogP contribution is -2.15. The first-order valence-corrected chi connectivity index (χ1v) is 11.7. The Kier molecular flexibility index (Phi) is 4.67. The van der Waals surface area contributed by atoms with Crippen molar-refractivity contribution >= 4 is 32.4 Å². The van der Waals surface area contributed by atoms with E-state index < -0.39 is 10.0 Å². The molecule has 0 fully saturated rings. The van der Waals surface area contributed by atoms with E-state index >= 15 is 4.39 Å². The number of pyridine rings is 2. The molecule has 0 saturated heterocycles. The predicted octanol–water partition coefficient (Wildman–Crippen LogP) is 3.88. The quantitative estimate of drug-likeness (QED) is 0.509. The highest BCUT2D eigenvalue weighted by atomic mass is 32.2. The number of nitrogens with zero attached hydrogens (tertiary/aromatic N) is 4. The van der Waals surface area contributed by atoms with Gasteiger partial charge in [0.2, 0.25) is 0 Å². The fourth-order valence-electron chi connectivity index (χ4n) is 4.18. The van der Waals surface area contributed by atoms with E-state index in [9.17, 15) is 8.42 Å². The Morgan fingerprint density at radius 1 is 1.09 bits per heavy atom. The number of hydrogen-bond donors (Lipinski definition) is 1. The van der Waals surface area contributed by atoms with E-state index in [1.807, 2.05) is 20.0 Å². The van der Waals surface area contributed by atoms with Crippen LogP contribution in [-0.4, -0.2) is 36.5 Å². The summed E-state index contributed by atoms with van der Waals surface area (Å²) in [6.07, 6.45) is 5.61. The molecule has 0 unspecified atom stereocenters. The first-order valence-electron chi connectivity index (χ1n) is 10.2. The first kappa shape index (κ1) is 20.4. The molecule has 4 heterocycles. The SMILES string of the molecule is Cc1ccc(S(=O)(=O)Nc2ccnc3c2c(-c2cc4c(cc2F)CCN4C)cn3C)nc1. The Hall–Kier alpha value is -3.46. The number of aromatic nitrogens is 3. The fourth-order valence-corrected chi connectivity index (χ4v) is 5.18. The van der Waals surface area contributed by atoms with Crippen LogP contribution in [0.3, 0.4) is 0 Å². The van der Waals surface area contributed by atoms with Gasteiger partial charge in [-0.3, -0.25) is 4.72 Å². The third-order valence-corrected chi connectivity index (χ3v) is 7.13. The topological polar surface area (TPSA) is 80.1 Å². The molecular weight excluding hydrogens is 429 g/mol. The summed E-state index contributed by atoms with van der Waals surface area (Å²) < 4.78 is 45.5. The van der Waals surface area contributed by atoms with Crippen LogP contribution in [-0.2, 0) is 23.5 Å². The molecule has 9 heteroatoms. The van der Waals surface area contributed by atoms with Crippen molar-refractivity contribution in [3.8, 4) is 11.1 Å². The maximum Gasteiger partial charge on any atom is 0.279 e. The van der Waals surface area contributed by atoms with Crippen LogP contribution in [0.5, 0.6) is 0 Å². The zero-order chi connectivity index (χ0) is 22.6. The van der Waals surface area contributed by atoms with Crippen LogP contribution in [0.25, 0.3) is 22.2 Å². The van der Waals surface area contributed by atoms with Gasteiger partial charge in [-0.1, -0.05) is 6.07 Å². The molecule has 0 aliphatic carbocycles. The number of sulfonamides is 1. The van der Waals surface area contributed by atoms with Gasteiger partial charge in [-0.15, -0.1) is 0 Å². The molecule has 0 spiro atoms. The van der Waals surface area contributed by atoms with Gasteiger partial charge in [-0.2, -0.15) is 8.42 Å². The fraction of sp³-hybridized carbons (Fsp3) is 0.217. The molecule has 0 saturated carbocycles. The summed E-state index contributed by atoms with van der Waals surface area (Å²) >= 11 is 0. The third kappa shape index (κ3) is 3.29. The Balaban J connectivity index is 1.67. The number of likely N-dealkylation sites (N-methyl/N-ethyl adjacent to an activating group) is 1. The minimum atomic E-state index is -3.94. The highest BCUT2D eigenvalue weighted by Crippen LogP contribution is 2.40. The van der Waals surface area contributed by atoms with Gasteiger partial charge in [0.25, 0.3) is 10.0 Å². The van der Waals surface area contributed by atoms with E-state index in [4.69, 9.17) is 0 Å². The second-order valence-electron chi connectivity index (χ2n) is 8.12. The van der Waals surface area contributed by atoms with Crippen molar-refractivity contribution in [3.63, 3.8) is 0 Å². The summed E-state index contributed by atoms with van der Waals surface area (Å²) in [6.45, 7) is 2.67. The molecule has 164 valence electrons. The van der Waals surface area contributed by atoms with Gasteiger partial charge in [-0.25, -0.2) is 14.4 Å². The Morgan fingerprint density at radius 2 is 1.91 bits per heavy atom. The first-order chi connectivity index (χ1) is 15.2. The van der Waals surface area contributed by atoms with Crippen molar-refractivity contribution < 1.29 is 12.8 Å². The Labute approximate surface area is 185 Å². The predicted molar refractivity (Wildman–Crippen MR) is 123 cm³/mol. The van der Waals surface area contributed by atoms with Crippen LogP contribution in [0.4, 0.5) is 15.8 Å². The summed E-state index contributed by atoms with van der Waals surface area (Å²) in [4.78, 5) is 10.5. The van der Waals surface area contributed by atoms with Crippen LogP contribution in [0, 0.1) is 12.7 Å². The standard InChI is InChI=1S/C23H22FN5O2S/c1-14-4-5-21(26-12-14)32(30,31)27-19-6-8-25-23-22(19)17(13-29(23)3)16-11-20-15(10-18(16)24)7-9-28(20)2/h4-6,8,10-13H,7,9H2,1-3H3,(H,25,27). The lowest BCUT2D eigenvalue weighted by atomic mass is 10.0. The van der Waals surface area contributed by atoms with E-state index in [1.165, 1.54) is 18.5 Å². The number of halogens is 1. The molecule has 0 atom stereocenters. The highest BCUT2D eigenvalue weighted by Gasteiger charge is 2.24. The van der Waals surface area contributed by atoms with Crippen molar-refractivity contribution in [2.45, 2.75) is 18.4 Å². The van der Waals surface area contributed by atoms with E-state index in [-0.39, 0.29) is 10.8 Å². The van der Waals surface area contributed by atoms with Gasteiger partial charge in [0.05, 0.1) is 11.1 Å². The molecule has 0 bridgehead atoms. The number of fused-ring (bicyclic) bond motifs is 2. The van der Waals surface area contributed by atoms with Crippen LogP contribution < -0.4 is 9.62 Å². The summed E-state index contributed by atoms with van der Waals surface area (Å²) in [5.74, 6) is -0.343. The molecule has 1 aliphatic heterocycles. The summed E-state index contributed by atoms with van der Waals surface area (Å²) in [5.41, 5.74) is 4.66. The highest BCUT2D eigenvalue weighted by molar-refractivity contribution is 7.92. The molecule has 1 aliphatic rings. The third-order valence-electron chi connectivity index (χ3n) is 5.85. The normalized spacial score (nSPS) is 13.6. The van der Waals surface area contributed by atoms with Gasteiger partial charge >= 0.3 is 0 Å². The second-order valence-corrected chi connectivity index (χ2v) is 9.75. The minimum absolute atomic E-state index is 0.0871. The monoisotopic (exact) mass is 451 g/mol. The number of benzene rings is 1. The largest absolute Gasteiger partial charge is 0.374 e. The average molecular weight is 452 g/mol. The summed E-state index contributed by atoms with van der Waals surface area (Å²) in [5, 5.41) is 0.445. The van der Waals surface area contributed by atoms with Gasteiger partial charge in [0, 0.05) is 56.0 Å². The van der Waals surface area contributed by atoms with Gasteiger partial charge < -0.3 is 9.47 Å². The van der Waals surface area contributed by atoms with Crippen LogP contribution in [0.15, 0.2) is 53.9 Å². The van der Waals surface area contributed by atoms with Crippen molar-refractivity contribution in [1.29, 1.82) is 0 Å². The molecule has 32 heavy (non-hydrogen) atoms. The molecule has 0 amide bonds. The molecule has 1 aromatic carbocycles. The minimum Gasteiger partial charge on any atom is -0.374 e. The van der Waals surface area contributed by atoms with E-state index in [1.54, 1.807) is 36.0 Å². The maximum atomic E-state index is 15.2. The smallest absolute Gasteiger partial charge is 0.279 e. The summed E-state index contributed by atoms with van der Waals surface area (Å²) in [7, 11) is -0.160. The lowest BCUT2D eigenvalue weighted by molar-refractivity contribution is 0.597. The van der Waals surface area contributed by atoms with Gasteiger partial charge in [0.1, 0.15) is 11.5 Å². The number of nitrogens with one attached hydrogen (secondary N) is 1. The van der Waals surface area contributed by atoms with Crippen molar-refractivity contribution in [2.24, 2.45) is 7.05 Å². The molecular formula is C23H22FN5O2S. The molecule has 0 radical (unpaired) electrons. The van der Waals surface area contributed by atoms with Gasteiger partial charge in [0.15, 0.2) is 5.03 Å². The Bertz CT molecular complexity index is 1460. The Morgan fingerprint density at radius 3 is 2.66 bits per heavy atom.